The van der Waals surface area contributed by atoms with Gasteiger partial charge in [-0.1, -0.05) is 76.2 Å². The second kappa shape index (κ2) is 19.4. The van der Waals surface area contributed by atoms with E-state index in [-0.39, 0.29) is 12.2 Å². The quantitative estimate of drug-likeness (QED) is 0.186. The highest BCUT2D eigenvalue weighted by atomic mass is 16.3. The fourth-order valence-corrected chi connectivity index (χ4v) is 2.82. The van der Waals surface area contributed by atoms with Crippen molar-refractivity contribution in [2.75, 3.05) is 0 Å². The van der Waals surface area contributed by atoms with Crippen LogP contribution in [0.3, 0.4) is 0 Å². The van der Waals surface area contributed by atoms with Crippen LogP contribution >= 0.6 is 0 Å². The fourth-order valence-electron chi connectivity index (χ4n) is 2.82. The average Bonchev–Trinajstić information content (AvgIpc) is 2.57. The molecule has 25 heavy (non-hydrogen) atoms. The van der Waals surface area contributed by atoms with Gasteiger partial charge in [-0.05, 0) is 38.5 Å². The monoisotopic (exact) mass is 351 g/mol. The first kappa shape index (κ1) is 24.1. The Bertz CT molecular complexity index is 348. The topological polar surface area (TPSA) is 63.3 Å². The van der Waals surface area contributed by atoms with Crippen molar-refractivity contribution in [2.24, 2.45) is 5.73 Å². The van der Waals surface area contributed by atoms with E-state index in [4.69, 9.17) is 10.8 Å². The van der Waals surface area contributed by atoms with Crippen LogP contribution in [0.4, 0.5) is 0 Å². The van der Waals surface area contributed by atoms with Crippen molar-refractivity contribution in [3.05, 3.63) is 24.3 Å². The normalized spacial score (nSPS) is 13.1. The summed E-state index contributed by atoms with van der Waals surface area (Å²) in [5.74, 6) is 0.0719. The zero-order chi connectivity index (χ0) is 18.6. The van der Waals surface area contributed by atoms with Gasteiger partial charge in [-0.25, -0.2) is 0 Å². The summed E-state index contributed by atoms with van der Waals surface area (Å²) in [5.41, 5.74) is 5.18. The Kier molecular flexibility index (Phi) is 18.7. The Balaban J connectivity index is 3.27. The lowest BCUT2D eigenvalue weighted by Gasteiger charge is -2.03. The molecule has 0 rings (SSSR count). The SMILES string of the molecule is CCCCCCCCC=CCC=CCCCCCCC(=O)CC(N)O. The molecule has 0 saturated heterocycles. The fraction of sp³-hybridized carbons (Fsp3) is 0.773. The number of allylic oxidation sites excluding steroid dienone is 4. The van der Waals surface area contributed by atoms with Crippen LogP contribution in [0.15, 0.2) is 24.3 Å². The van der Waals surface area contributed by atoms with E-state index in [2.05, 4.69) is 31.2 Å². The standard InChI is InChI=1S/C22H41NO2/c1-2-3-4-5-6-7-8-9-10-11-12-13-14-15-16-17-18-19-21(24)20-22(23)25/h9-10,12-13,22,25H,2-8,11,14-20,23H2,1H3. The number of aliphatic hydroxyl groups is 1. The lowest BCUT2D eigenvalue weighted by atomic mass is 10.1. The van der Waals surface area contributed by atoms with Gasteiger partial charge in [0.25, 0.3) is 0 Å². The van der Waals surface area contributed by atoms with Crippen LogP contribution < -0.4 is 5.73 Å². The summed E-state index contributed by atoms with van der Waals surface area (Å²) in [5, 5.41) is 8.91. The molecule has 0 aromatic rings. The van der Waals surface area contributed by atoms with Crippen LogP contribution in [-0.4, -0.2) is 17.1 Å². The van der Waals surface area contributed by atoms with E-state index in [1.807, 2.05) is 0 Å². The van der Waals surface area contributed by atoms with Crippen molar-refractivity contribution in [3.8, 4) is 0 Å². The molecule has 0 heterocycles. The van der Waals surface area contributed by atoms with Crippen LogP contribution in [0.5, 0.6) is 0 Å². The minimum absolute atomic E-state index is 0.0719. The lowest BCUT2D eigenvalue weighted by molar-refractivity contribution is -0.120. The smallest absolute Gasteiger partial charge is 0.136 e. The molecule has 0 aliphatic heterocycles. The number of aliphatic hydroxyl groups excluding tert-OH is 1. The van der Waals surface area contributed by atoms with Crippen molar-refractivity contribution in [1.29, 1.82) is 0 Å². The summed E-state index contributed by atoms with van der Waals surface area (Å²) >= 11 is 0. The predicted octanol–water partition coefficient (Wildman–Crippen LogP) is 5.82. The van der Waals surface area contributed by atoms with Gasteiger partial charge in [0.1, 0.15) is 12.0 Å². The third-order valence-corrected chi connectivity index (χ3v) is 4.34. The molecule has 1 atom stereocenters. The average molecular weight is 352 g/mol. The van der Waals surface area contributed by atoms with Gasteiger partial charge in [0.15, 0.2) is 0 Å². The number of carbonyl (C=O) groups excluding carboxylic acids is 1. The molecule has 0 fully saturated rings. The molecule has 0 spiro atoms. The Labute approximate surface area is 155 Å². The predicted molar refractivity (Wildman–Crippen MR) is 108 cm³/mol. The van der Waals surface area contributed by atoms with Crippen molar-refractivity contribution in [1.82, 2.24) is 0 Å². The number of rotatable bonds is 18. The summed E-state index contributed by atoms with van der Waals surface area (Å²) in [6.07, 6.45) is 24.7. The number of unbranched alkanes of at least 4 members (excludes halogenated alkanes) is 10. The van der Waals surface area contributed by atoms with E-state index >= 15 is 0 Å². The summed E-state index contributed by atoms with van der Waals surface area (Å²) in [6.45, 7) is 2.26. The highest BCUT2D eigenvalue weighted by molar-refractivity contribution is 5.78. The molecule has 0 radical (unpaired) electrons. The van der Waals surface area contributed by atoms with Gasteiger partial charge in [-0.15, -0.1) is 0 Å². The van der Waals surface area contributed by atoms with Crippen molar-refractivity contribution < 1.29 is 9.90 Å². The van der Waals surface area contributed by atoms with E-state index in [0.29, 0.717) is 6.42 Å². The summed E-state index contributed by atoms with van der Waals surface area (Å²) < 4.78 is 0. The van der Waals surface area contributed by atoms with Gasteiger partial charge >= 0.3 is 0 Å². The van der Waals surface area contributed by atoms with E-state index in [0.717, 1.165) is 32.1 Å². The van der Waals surface area contributed by atoms with Crippen LogP contribution in [0.25, 0.3) is 0 Å². The maximum absolute atomic E-state index is 11.4. The van der Waals surface area contributed by atoms with Gasteiger partial charge in [-0.3, -0.25) is 4.79 Å². The van der Waals surface area contributed by atoms with Crippen LogP contribution in [-0.2, 0) is 4.79 Å². The van der Waals surface area contributed by atoms with E-state index in [1.165, 1.54) is 51.4 Å². The minimum atomic E-state index is -0.988. The maximum atomic E-state index is 11.4. The molecular weight excluding hydrogens is 310 g/mol. The second-order valence-corrected chi connectivity index (χ2v) is 7.00. The van der Waals surface area contributed by atoms with Crippen molar-refractivity contribution >= 4 is 5.78 Å². The van der Waals surface area contributed by atoms with Gasteiger partial charge in [-0.2, -0.15) is 0 Å². The van der Waals surface area contributed by atoms with Gasteiger partial charge < -0.3 is 10.8 Å². The molecule has 3 nitrogen and oxygen atoms in total. The summed E-state index contributed by atoms with van der Waals surface area (Å²) in [4.78, 5) is 11.4. The van der Waals surface area contributed by atoms with Crippen LogP contribution in [0.1, 0.15) is 103 Å². The molecule has 0 amide bonds. The van der Waals surface area contributed by atoms with Gasteiger partial charge in [0, 0.05) is 12.8 Å². The molecule has 0 aromatic heterocycles. The second-order valence-electron chi connectivity index (χ2n) is 7.00. The Morgan fingerprint density at radius 2 is 1.36 bits per heavy atom. The highest BCUT2D eigenvalue weighted by Crippen LogP contribution is 2.09. The molecule has 146 valence electrons. The highest BCUT2D eigenvalue weighted by Gasteiger charge is 2.05. The Morgan fingerprint density at radius 1 is 0.840 bits per heavy atom. The van der Waals surface area contributed by atoms with Crippen molar-refractivity contribution in [2.45, 2.75) is 109 Å². The number of carbonyl (C=O) groups is 1. The van der Waals surface area contributed by atoms with Gasteiger partial charge in [0.2, 0.25) is 0 Å². The zero-order valence-electron chi connectivity index (χ0n) is 16.4. The lowest BCUT2D eigenvalue weighted by Crippen LogP contribution is -2.22. The third-order valence-electron chi connectivity index (χ3n) is 4.34. The maximum Gasteiger partial charge on any atom is 0.136 e. The largest absolute Gasteiger partial charge is 0.378 e. The number of ketones is 1. The summed E-state index contributed by atoms with van der Waals surface area (Å²) in [6, 6.07) is 0. The van der Waals surface area contributed by atoms with Crippen molar-refractivity contribution in [3.63, 3.8) is 0 Å². The molecule has 0 aliphatic carbocycles. The summed E-state index contributed by atoms with van der Waals surface area (Å²) in [7, 11) is 0. The number of hydrogen-bond acceptors (Lipinski definition) is 3. The Hall–Kier alpha value is -0.930. The molecule has 3 N–H and O–H groups in total. The molecule has 0 saturated carbocycles. The number of hydrogen-bond donors (Lipinski definition) is 2. The molecule has 1 unspecified atom stereocenters. The first-order chi connectivity index (χ1) is 12.2. The Morgan fingerprint density at radius 3 is 1.92 bits per heavy atom. The third kappa shape index (κ3) is 21.0. The first-order valence-electron chi connectivity index (χ1n) is 10.4. The minimum Gasteiger partial charge on any atom is -0.378 e. The van der Waals surface area contributed by atoms with E-state index < -0.39 is 6.23 Å². The molecular formula is C22H41NO2. The molecule has 0 bridgehead atoms. The van der Waals surface area contributed by atoms with Gasteiger partial charge in [0.05, 0.1) is 0 Å². The first-order valence-corrected chi connectivity index (χ1v) is 10.4. The number of nitrogens with two attached hydrogens (primary N) is 1. The molecule has 0 aliphatic rings. The van der Waals surface area contributed by atoms with Crippen LogP contribution in [0, 0.1) is 0 Å². The number of Topliss-reactive ketones (excluding diaryl/α,β-unsaturated/α-hetero) is 1. The van der Waals surface area contributed by atoms with E-state index in [1.54, 1.807) is 0 Å². The molecule has 0 aromatic carbocycles. The van der Waals surface area contributed by atoms with Crippen LogP contribution in [0.2, 0.25) is 0 Å². The molecule has 3 heteroatoms. The zero-order valence-corrected chi connectivity index (χ0v) is 16.4. The van der Waals surface area contributed by atoms with E-state index in [9.17, 15) is 4.79 Å².